The van der Waals surface area contributed by atoms with Crippen LogP contribution in [0.25, 0.3) is 0 Å². The second-order valence-electron chi connectivity index (χ2n) is 3.66. The summed E-state index contributed by atoms with van der Waals surface area (Å²) in [6.07, 6.45) is 0. The van der Waals surface area contributed by atoms with Gasteiger partial charge in [-0.15, -0.1) is 0 Å². The maximum atomic E-state index is 12.3. The highest BCUT2D eigenvalue weighted by Gasteiger charge is 2.16. The number of hydrogen-bond donors (Lipinski definition) is 1. The van der Waals surface area contributed by atoms with E-state index in [0.29, 0.717) is 31.3 Å². The van der Waals surface area contributed by atoms with Crippen molar-refractivity contribution >= 4 is 50.6 Å². The molecule has 0 aliphatic heterocycles. The van der Waals surface area contributed by atoms with Gasteiger partial charge in [-0.1, -0.05) is 29.3 Å². The molecule has 0 aliphatic rings. The Morgan fingerprint density at radius 2 is 1.83 bits per heavy atom. The first-order chi connectivity index (χ1) is 8.50. The summed E-state index contributed by atoms with van der Waals surface area (Å²) in [5, 5.41) is 0.810. The molecule has 0 spiro atoms. The number of hydrogen-bond acceptors (Lipinski definition) is 2. The Bertz CT molecular complexity index is 628. The zero-order valence-electron chi connectivity index (χ0n) is 9.08. The highest BCUT2D eigenvalue weighted by atomic mass is 79.9. The Kier molecular flexibility index (Phi) is 3.95. The van der Waals surface area contributed by atoms with Gasteiger partial charge >= 0.3 is 0 Å². The van der Waals surface area contributed by atoms with Crippen LogP contribution in [0.1, 0.15) is 15.9 Å². The molecule has 0 radical (unpaired) electrons. The maximum Gasteiger partial charge on any atom is 0.195 e. The number of nitrogen functional groups attached to an aromatic ring is 1. The number of carbonyl (C=O) groups excluding carboxylic acids is 1. The number of rotatable bonds is 2. The lowest BCUT2D eigenvalue weighted by atomic mass is 10.0. The molecule has 2 aromatic rings. The van der Waals surface area contributed by atoms with Crippen LogP contribution in [0.5, 0.6) is 0 Å². The van der Waals surface area contributed by atoms with Crippen molar-refractivity contribution in [3.05, 3.63) is 62.0 Å². The average Bonchev–Trinajstić information content (AvgIpc) is 2.32. The summed E-state index contributed by atoms with van der Waals surface area (Å²) in [6, 6.07) is 9.88. The van der Waals surface area contributed by atoms with Gasteiger partial charge in [0.05, 0.1) is 9.50 Å². The molecule has 2 aromatic carbocycles. The predicted molar refractivity (Wildman–Crippen MR) is 78.4 cm³/mol. The zero-order chi connectivity index (χ0) is 13.3. The maximum absolute atomic E-state index is 12.3. The quantitative estimate of drug-likeness (QED) is 0.640. The molecule has 0 unspecified atom stereocenters. The Morgan fingerprint density at radius 1 is 1.11 bits per heavy atom. The van der Waals surface area contributed by atoms with Gasteiger partial charge in [0.25, 0.3) is 0 Å². The minimum absolute atomic E-state index is 0.198. The molecular formula is C13H8BrCl2NO. The van der Waals surface area contributed by atoms with Gasteiger partial charge < -0.3 is 5.73 Å². The third-order valence-electron chi connectivity index (χ3n) is 2.45. The molecule has 18 heavy (non-hydrogen) atoms. The summed E-state index contributed by atoms with van der Waals surface area (Å²) in [7, 11) is 0. The summed E-state index contributed by atoms with van der Waals surface area (Å²) in [4.78, 5) is 12.3. The number of anilines is 1. The minimum Gasteiger partial charge on any atom is -0.398 e. The van der Waals surface area contributed by atoms with Crippen LogP contribution < -0.4 is 5.73 Å². The van der Waals surface area contributed by atoms with Crippen LogP contribution in [0.2, 0.25) is 10.0 Å². The molecule has 0 fully saturated rings. The number of benzene rings is 2. The lowest BCUT2D eigenvalue weighted by Crippen LogP contribution is -2.04. The molecule has 0 amide bonds. The van der Waals surface area contributed by atoms with Crippen LogP contribution in [0.3, 0.4) is 0 Å². The van der Waals surface area contributed by atoms with Gasteiger partial charge in [-0.25, -0.2) is 0 Å². The lowest BCUT2D eigenvalue weighted by Gasteiger charge is -2.07. The second kappa shape index (κ2) is 5.31. The Hall–Kier alpha value is -1.03. The average molecular weight is 345 g/mol. The van der Waals surface area contributed by atoms with E-state index in [1.165, 1.54) is 6.07 Å². The first-order valence-electron chi connectivity index (χ1n) is 5.04. The SMILES string of the molecule is Nc1cccc(C(=O)c2ccc(Cl)cc2Cl)c1Br. The zero-order valence-corrected chi connectivity index (χ0v) is 12.2. The monoisotopic (exact) mass is 343 g/mol. The van der Waals surface area contributed by atoms with Gasteiger partial charge in [-0.2, -0.15) is 0 Å². The van der Waals surface area contributed by atoms with E-state index in [4.69, 9.17) is 28.9 Å². The van der Waals surface area contributed by atoms with E-state index < -0.39 is 0 Å². The predicted octanol–water partition coefficient (Wildman–Crippen LogP) is 4.57. The second-order valence-corrected chi connectivity index (χ2v) is 5.30. The Labute approximate surface area is 123 Å². The van der Waals surface area contributed by atoms with Crippen LogP contribution >= 0.6 is 39.1 Å². The first-order valence-corrected chi connectivity index (χ1v) is 6.59. The van der Waals surface area contributed by atoms with Gasteiger partial charge in [-0.3, -0.25) is 4.79 Å². The summed E-state index contributed by atoms with van der Waals surface area (Å²) in [6.45, 7) is 0. The number of halogens is 3. The molecular weight excluding hydrogens is 337 g/mol. The van der Waals surface area contributed by atoms with Gasteiger partial charge in [0.15, 0.2) is 5.78 Å². The Morgan fingerprint density at radius 3 is 2.50 bits per heavy atom. The molecule has 2 rings (SSSR count). The molecule has 92 valence electrons. The van der Waals surface area contributed by atoms with Crippen molar-refractivity contribution in [1.29, 1.82) is 0 Å². The van der Waals surface area contributed by atoms with E-state index in [1.54, 1.807) is 30.3 Å². The number of nitrogens with two attached hydrogens (primary N) is 1. The summed E-state index contributed by atoms with van der Waals surface area (Å²) in [5.41, 5.74) is 7.12. The standard InChI is InChI=1S/C13H8BrCl2NO/c14-12-9(2-1-3-11(12)17)13(18)8-5-4-7(15)6-10(8)16/h1-6H,17H2. The first kappa shape index (κ1) is 13.4. The van der Waals surface area contributed by atoms with Crippen LogP contribution in [0, 0.1) is 0 Å². The Balaban J connectivity index is 2.51. The van der Waals surface area contributed by atoms with Crippen molar-refractivity contribution in [2.75, 3.05) is 5.73 Å². The summed E-state index contributed by atoms with van der Waals surface area (Å²) >= 11 is 15.1. The third-order valence-corrected chi connectivity index (χ3v) is 3.88. The molecule has 2 N–H and O–H groups in total. The molecule has 0 bridgehead atoms. The van der Waals surface area contributed by atoms with Gasteiger partial charge in [-0.05, 0) is 46.3 Å². The molecule has 2 nitrogen and oxygen atoms in total. The normalized spacial score (nSPS) is 10.4. The molecule has 0 saturated carbocycles. The fourth-order valence-corrected chi connectivity index (χ4v) is 2.48. The number of carbonyl (C=O) groups is 1. The molecule has 0 heterocycles. The van der Waals surface area contributed by atoms with Crippen LogP contribution in [-0.2, 0) is 0 Å². The van der Waals surface area contributed by atoms with E-state index in [-0.39, 0.29) is 5.78 Å². The molecule has 5 heteroatoms. The molecule has 0 aliphatic carbocycles. The van der Waals surface area contributed by atoms with Crippen molar-refractivity contribution < 1.29 is 4.79 Å². The van der Waals surface area contributed by atoms with E-state index in [0.717, 1.165) is 0 Å². The molecule has 0 saturated heterocycles. The van der Waals surface area contributed by atoms with E-state index in [1.807, 2.05) is 0 Å². The highest BCUT2D eigenvalue weighted by Crippen LogP contribution is 2.29. The van der Waals surface area contributed by atoms with Crippen LogP contribution in [0.15, 0.2) is 40.9 Å². The topological polar surface area (TPSA) is 43.1 Å². The summed E-state index contributed by atoms with van der Waals surface area (Å²) < 4.78 is 0.570. The summed E-state index contributed by atoms with van der Waals surface area (Å²) in [5.74, 6) is -0.198. The highest BCUT2D eigenvalue weighted by molar-refractivity contribution is 9.10. The van der Waals surface area contributed by atoms with Crippen molar-refractivity contribution in [1.82, 2.24) is 0 Å². The van der Waals surface area contributed by atoms with Gasteiger partial charge in [0, 0.05) is 21.8 Å². The van der Waals surface area contributed by atoms with E-state index in [9.17, 15) is 4.79 Å². The van der Waals surface area contributed by atoms with Crippen molar-refractivity contribution in [2.45, 2.75) is 0 Å². The van der Waals surface area contributed by atoms with Gasteiger partial charge in [0.2, 0.25) is 0 Å². The lowest BCUT2D eigenvalue weighted by molar-refractivity contribution is 0.103. The van der Waals surface area contributed by atoms with E-state index in [2.05, 4.69) is 15.9 Å². The van der Waals surface area contributed by atoms with Crippen molar-refractivity contribution in [3.63, 3.8) is 0 Å². The fourth-order valence-electron chi connectivity index (χ4n) is 1.54. The fraction of sp³-hybridized carbons (Fsp3) is 0. The van der Waals surface area contributed by atoms with Crippen molar-refractivity contribution in [3.8, 4) is 0 Å². The van der Waals surface area contributed by atoms with Crippen LogP contribution in [-0.4, -0.2) is 5.78 Å². The minimum atomic E-state index is -0.198. The third kappa shape index (κ3) is 2.53. The molecule has 0 aromatic heterocycles. The largest absolute Gasteiger partial charge is 0.398 e. The number of ketones is 1. The molecule has 0 atom stereocenters. The van der Waals surface area contributed by atoms with E-state index >= 15 is 0 Å². The smallest absolute Gasteiger partial charge is 0.195 e. The van der Waals surface area contributed by atoms with Crippen molar-refractivity contribution in [2.24, 2.45) is 0 Å². The van der Waals surface area contributed by atoms with Crippen LogP contribution in [0.4, 0.5) is 5.69 Å². The van der Waals surface area contributed by atoms with Gasteiger partial charge in [0.1, 0.15) is 0 Å².